The van der Waals surface area contributed by atoms with E-state index in [1.807, 2.05) is 13.8 Å². The molecule has 0 bridgehead atoms. The van der Waals surface area contributed by atoms with Crippen LogP contribution in [0, 0.1) is 0 Å². The third kappa shape index (κ3) is 5.16. The molecule has 0 heterocycles. The van der Waals surface area contributed by atoms with Crippen molar-refractivity contribution in [3.8, 4) is 0 Å². The molecule has 6 heteroatoms. The number of hydrogen-bond acceptors (Lipinski definition) is 3. The maximum Gasteiger partial charge on any atom is 0.551 e. The highest BCUT2D eigenvalue weighted by atomic mass is 28.4. The van der Waals surface area contributed by atoms with E-state index in [2.05, 4.69) is 0 Å². The molecular weight excluding hydrogens is 238 g/mol. The zero-order valence-electron chi connectivity index (χ0n) is 11.5. The van der Waals surface area contributed by atoms with Crippen LogP contribution < -0.4 is 0 Å². The lowest BCUT2D eigenvalue weighted by molar-refractivity contribution is -0.129. The monoisotopic (exact) mass is 262 g/mol. The largest absolute Gasteiger partial charge is 0.551 e. The molecule has 0 aromatic carbocycles. The molecule has 0 aliphatic rings. The van der Waals surface area contributed by atoms with Crippen molar-refractivity contribution in [2.75, 3.05) is 20.3 Å². The average molecular weight is 262 g/mol. The minimum Gasteiger partial charge on any atom is -0.371 e. The quantitative estimate of drug-likeness (QED) is 0.624. The molecule has 0 aliphatic heterocycles. The number of carbonyl (C=O) groups is 1. The van der Waals surface area contributed by atoms with E-state index in [4.69, 9.17) is 8.85 Å². The molecule has 0 aromatic heterocycles. The molecule has 0 spiro atoms. The van der Waals surface area contributed by atoms with Gasteiger partial charge in [-0.3, -0.25) is 4.79 Å². The molecule has 101 valence electrons. The van der Waals surface area contributed by atoms with Gasteiger partial charge in [-0.1, -0.05) is 13.8 Å². The molecule has 0 saturated heterocycles. The van der Waals surface area contributed by atoms with Crippen molar-refractivity contribution in [2.45, 2.75) is 46.2 Å². The second-order valence-corrected chi connectivity index (χ2v) is 6.73. The Morgan fingerprint density at radius 3 is 1.94 bits per heavy atom. The molecule has 0 aliphatic carbocycles. The number of hydrogen-bond donors (Lipinski definition) is 0. The second kappa shape index (κ2) is 7.81. The van der Waals surface area contributed by atoms with E-state index in [1.54, 1.807) is 14.0 Å². The van der Waals surface area contributed by atoms with Crippen LogP contribution in [0.5, 0.6) is 0 Å². The van der Waals surface area contributed by atoms with Gasteiger partial charge in [-0.05, 0) is 19.8 Å². The van der Waals surface area contributed by atoms with Gasteiger partial charge >= 0.3 is 8.80 Å². The summed E-state index contributed by atoms with van der Waals surface area (Å²) in [5.74, 6) is -0.148. The lowest BCUT2D eigenvalue weighted by Crippen LogP contribution is -2.59. The number of amides is 1. The highest BCUT2D eigenvalue weighted by Gasteiger charge is 2.48. The first-order valence-electron chi connectivity index (χ1n) is 6.10. The Hall–Kier alpha value is -0.433. The molecule has 1 atom stereocenters. The predicted octanol–water partition coefficient (Wildman–Crippen LogP) is 1.62. The fraction of sp³-hybridized carbons (Fsp3) is 0.909. The van der Waals surface area contributed by atoms with Crippen molar-refractivity contribution < 1.29 is 18.4 Å². The highest BCUT2D eigenvalue weighted by Crippen LogP contribution is 2.16. The van der Waals surface area contributed by atoms with Gasteiger partial charge in [0.2, 0.25) is 5.91 Å². The molecule has 1 radical (unpaired) electrons. The summed E-state index contributed by atoms with van der Waals surface area (Å²) in [5.41, 5.74) is -0.530. The van der Waals surface area contributed by atoms with Crippen LogP contribution in [0.2, 0.25) is 0 Å². The fourth-order valence-electron chi connectivity index (χ4n) is 1.28. The first kappa shape index (κ1) is 16.6. The zero-order chi connectivity index (χ0) is 13.5. The molecule has 5 nitrogen and oxygen atoms in total. The molecular formula is C11H24NO4Si. The number of nitrogens with zero attached hydrogens (tertiary/aromatic N) is 1. The molecule has 17 heavy (non-hydrogen) atoms. The Labute approximate surface area is 105 Å². The maximum atomic E-state index is 12.6. The van der Waals surface area contributed by atoms with Crippen LogP contribution in [-0.2, 0) is 18.4 Å². The van der Waals surface area contributed by atoms with E-state index in [0.29, 0.717) is 13.2 Å². The summed E-state index contributed by atoms with van der Waals surface area (Å²) in [6.07, 6.45) is 1.53. The van der Waals surface area contributed by atoms with Gasteiger partial charge in [-0.25, -0.2) is 4.80 Å². The van der Waals surface area contributed by atoms with Crippen molar-refractivity contribution in [1.82, 2.24) is 4.90 Å². The Morgan fingerprint density at radius 1 is 1.24 bits per heavy atom. The topological polar surface area (TPSA) is 58.7 Å². The van der Waals surface area contributed by atoms with Gasteiger partial charge in [0.25, 0.3) is 0 Å². The van der Waals surface area contributed by atoms with Gasteiger partial charge in [0.1, 0.15) is 5.67 Å². The Bertz CT molecular complexity index is 230. The predicted molar refractivity (Wildman–Crippen MR) is 66.8 cm³/mol. The van der Waals surface area contributed by atoms with Crippen molar-refractivity contribution in [2.24, 2.45) is 0 Å². The smallest absolute Gasteiger partial charge is 0.371 e. The van der Waals surface area contributed by atoms with Crippen LogP contribution in [0.4, 0.5) is 0 Å². The molecule has 0 rings (SSSR count). The van der Waals surface area contributed by atoms with Crippen LogP contribution >= 0.6 is 0 Å². The molecule has 1 unspecified atom stereocenters. The van der Waals surface area contributed by atoms with Gasteiger partial charge < -0.3 is 13.8 Å². The fourth-order valence-corrected chi connectivity index (χ4v) is 3.48. The van der Waals surface area contributed by atoms with Gasteiger partial charge in [-0.2, -0.15) is 0 Å². The summed E-state index contributed by atoms with van der Waals surface area (Å²) in [7, 11) is -1.96. The number of carbonyl (C=O) groups excluding carboxylic acids is 1. The van der Waals surface area contributed by atoms with Crippen molar-refractivity contribution >= 4 is 14.7 Å². The summed E-state index contributed by atoms with van der Waals surface area (Å²) in [4.78, 5) is 25.3. The first-order valence-corrected chi connectivity index (χ1v) is 7.91. The summed E-state index contributed by atoms with van der Waals surface area (Å²) < 4.78 is 10.8. The van der Waals surface area contributed by atoms with Crippen LogP contribution in [0.3, 0.4) is 0 Å². The van der Waals surface area contributed by atoms with Crippen molar-refractivity contribution in [3.05, 3.63) is 0 Å². The van der Waals surface area contributed by atoms with Gasteiger partial charge in [0.15, 0.2) is 0 Å². The average Bonchev–Trinajstić information content (AvgIpc) is 2.31. The minimum atomic E-state index is -3.57. The maximum absolute atomic E-state index is 12.6. The SMILES string of the molecule is CCCO[Si]([O])(OCCC)C(C)N(C)C(C)=O. The van der Waals surface area contributed by atoms with E-state index in [9.17, 15) is 9.59 Å². The third-order valence-corrected chi connectivity index (χ3v) is 5.23. The van der Waals surface area contributed by atoms with E-state index >= 15 is 0 Å². The highest BCUT2D eigenvalue weighted by molar-refractivity contribution is 6.60. The van der Waals surface area contributed by atoms with E-state index in [0.717, 1.165) is 12.8 Å². The summed E-state index contributed by atoms with van der Waals surface area (Å²) in [5, 5.41) is 0. The summed E-state index contributed by atoms with van der Waals surface area (Å²) in [6, 6.07) is 0. The Kier molecular flexibility index (Phi) is 7.61. The second-order valence-electron chi connectivity index (χ2n) is 4.11. The Morgan fingerprint density at radius 2 is 1.65 bits per heavy atom. The normalized spacial score (nSPS) is 13.5. The Balaban J connectivity index is 4.69. The summed E-state index contributed by atoms with van der Waals surface area (Å²) in [6.45, 7) is 7.78. The molecule has 0 saturated carbocycles. The summed E-state index contributed by atoms with van der Waals surface area (Å²) >= 11 is 0. The van der Waals surface area contributed by atoms with Gasteiger partial charge in [-0.15, -0.1) is 0 Å². The van der Waals surface area contributed by atoms with Gasteiger partial charge in [0, 0.05) is 27.2 Å². The van der Waals surface area contributed by atoms with Crippen LogP contribution in [0.25, 0.3) is 0 Å². The van der Waals surface area contributed by atoms with Crippen LogP contribution in [-0.4, -0.2) is 45.5 Å². The van der Waals surface area contributed by atoms with Crippen molar-refractivity contribution in [3.63, 3.8) is 0 Å². The van der Waals surface area contributed by atoms with E-state index in [-0.39, 0.29) is 5.91 Å². The lowest BCUT2D eigenvalue weighted by atomic mass is 10.5. The van der Waals surface area contributed by atoms with Gasteiger partial charge in [0.05, 0.1) is 0 Å². The molecule has 0 aromatic rings. The molecule has 1 amide bonds. The van der Waals surface area contributed by atoms with Crippen LogP contribution in [0.15, 0.2) is 0 Å². The molecule has 0 fully saturated rings. The minimum absolute atomic E-state index is 0.148. The lowest BCUT2D eigenvalue weighted by Gasteiger charge is -2.33. The standard InChI is InChI=1S/C11H24NO4Si/c1-6-8-15-17(14,16-9-7-2)11(4)12(5)10(3)13/h11H,6-9H2,1-5H3. The van der Waals surface area contributed by atoms with E-state index in [1.165, 1.54) is 11.8 Å². The first-order chi connectivity index (χ1) is 7.89. The zero-order valence-corrected chi connectivity index (χ0v) is 12.5. The molecule has 0 N–H and O–H groups in total. The van der Waals surface area contributed by atoms with Crippen LogP contribution in [0.1, 0.15) is 40.5 Å². The number of rotatable bonds is 8. The third-order valence-electron chi connectivity index (χ3n) is 2.60. The van der Waals surface area contributed by atoms with E-state index < -0.39 is 14.5 Å². The van der Waals surface area contributed by atoms with Crippen molar-refractivity contribution in [1.29, 1.82) is 0 Å².